The van der Waals surface area contributed by atoms with Crippen molar-refractivity contribution in [2.24, 2.45) is 17.4 Å². The molecule has 10 nitrogen and oxygen atoms in total. The molecule has 1 aromatic carbocycles. The molecule has 0 radical (unpaired) electrons. The van der Waals surface area contributed by atoms with Gasteiger partial charge in [-0.25, -0.2) is 4.98 Å². The van der Waals surface area contributed by atoms with E-state index in [1.54, 1.807) is 12.3 Å². The number of anilines is 3. The minimum atomic E-state index is -0.744. The van der Waals surface area contributed by atoms with Gasteiger partial charge in [-0.3, -0.25) is 14.7 Å². The van der Waals surface area contributed by atoms with Gasteiger partial charge < -0.3 is 22.1 Å². The van der Waals surface area contributed by atoms with Crippen LogP contribution in [-0.4, -0.2) is 33.0 Å². The van der Waals surface area contributed by atoms with Crippen molar-refractivity contribution < 1.29 is 9.59 Å². The van der Waals surface area contributed by atoms with Gasteiger partial charge in [0, 0.05) is 11.1 Å². The first-order chi connectivity index (χ1) is 14.3. The Kier molecular flexibility index (Phi) is 5.83. The lowest BCUT2D eigenvalue weighted by molar-refractivity contribution is -0.119. The molecule has 0 bridgehead atoms. The smallest absolute Gasteiger partial charge is 0.252 e. The monoisotopic (exact) mass is 406 g/mol. The van der Waals surface area contributed by atoms with E-state index in [1.807, 2.05) is 32.0 Å². The molecule has 2 aromatic heterocycles. The summed E-state index contributed by atoms with van der Waals surface area (Å²) in [7, 11) is 0. The molecule has 3 aromatic rings. The molecule has 2 heterocycles. The minimum absolute atomic E-state index is 0.0453. The first-order valence-corrected chi connectivity index (χ1v) is 9.29. The number of pyridine rings is 1. The number of carbonyl (C=O) groups is 2. The first kappa shape index (κ1) is 20.6. The molecule has 10 heteroatoms. The van der Waals surface area contributed by atoms with Crippen LogP contribution < -0.4 is 22.1 Å². The van der Waals surface area contributed by atoms with E-state index in [1.165, 1.54) is 6.07 Å². The van der Waals surface area contributed by atoms with Crippen LogP contribution in [0.15, 0.2) is 30.5 Å². The number of fused-ring (bicyclic) bond motifs is 1. The van der Waals surface area contributed by atoms with Gasteiger partial charge in [0.25, 0.3) is 5.91 Å². The van der Waals surface area contributed by atoms with Gasteiger partial charge in [-0.05, 0) is 36.6 Å². The third-order valence-electron chi connectivity index (χ3n) is 4.47. The average molecular weight is 406 g/mol. The molecule has 7 N–H and O–H groups in total. The molecule has 0 fully saturated rings. The molecule has 3 rings (SSSR count). The fraction of sp³-hybridized carbons (Fsp3) is 0.250. The Balaban J connectivity index is 2.02. The SMILES string of the molecule is CC(C)C[C@@H](Nc1nc(Nc2ccc3[nH]ncc3c2)c(C(N)=O)cc1C#N)C(N)=O. The van der Waals surface area contributed by atoms with E-state index in [-0.39, 0.29) is 28.7 Å². The molecule has 0 saturated carbocycles. The number of aromatic nitrogens is 3. The van der Waals surface area contributed by atoms with Crippen molar-refractivity contribution in [1.82, 2.24) is 15.2 Å². The van der Waals surface area contributed by atoms with Crippen molar-refractivity contribution in [3.63, 3.8) is 0 Å². The number of primary amides is 2. The van der Waals surface area contributed by atoms with Gasteiger partial charge in [0.1, 0.15) is 23.7 Å². The zero-order chi connectivity index (χ0) is 21.8. The zero-order valence-corrected chi connectivity index (χ0v) is 16.6. The van der Waals surface area contributed by atoms with Gasteiger partial charge in [-0.1, -0.05) is 13.8 Å². The second-order valence-corrected chi connectivity index (χ2v) is 7.28. The highest BCUT2D eigenvalue weighted by atomic mass is 16.1. The van der Waals surface area contributed by atoms with Gasteiger partial charge in [-0.2, -0.15) is 10.4 Å². The predicted molar refractivity (Wildman–Crippen MR) is 113 cm³/mol. The highest BCUT2D eigenvalue weighted by Crippen LogP contribution is 2.26. The molecule has 0 spiro atoms. The van der Waals surface area contributed by atoms with Crippen molar-refractivity contribution in [1.29, 1.82) is 5.26 Å². The number of nitrogens with zero attached hydrogens (tertiary/aromatic N) is 3. The Morgan fingerprint density at radius 2 is 2.00 bits per heavy atom. The Labute approximate surface area is 172 Å². The lowest BCUT2D eigenvalue weighted by Crippen LogP contribution is -2.37. The summed E-state index contributed by atoms with van der Waals surface area (Å²) < 4.78 is 0. The number of aromatic amines is 1. The molecule has 30 heavy (non-hydrogen) atoms. The van der Waals surface area contributed by atoms with Crippen LogP contribution in [0.4, 0.5) is 17.3 Å². The fourth-order valence-corrected chi connectivity index (χ4v) is 3.03. The second kappa shape index (κ2) is 8.48. The summed E-state index contributed by atoms with van der Waals surface area (Å²) in [5.41, 5.74) is 12.6. The number of benzene rings is 1. The molecular weight excluding hydrogens is 384 g/mol. The molecular formula is C20H22N8O2. The summed E-state index contributed by atoms with van der Waals surface area (Å²) in [6, 6.07) is 8.01. The highest BCUT2D eigenvalue weighted by molar-refractivity contribution is 5.99. The summed E-state index contributed by atoms with van der Waals surface area (Å²) in [6.45, 7) is 3.90. The number of nitriles is 1. The minimum Gasteiger partial charge on any atom is -0.368 e. The summed E-state index contributed by atoms with van der Waals surface area (Å²) in [5.74, 6) is -0.831. The predicted octanol–water partition coefficient (Wildman–Crippen LogP) is 1.98. The fourth-order valence-electron chi connectivity index (χ4n) is 3.03. The summed E-state index contributed by atoms with van der Waals surface area (Å²) in [6.07, 6.45) is 2.12. The van der Waals surface area contributed by atoms with Crippen LogP contribution in [0.1, 0.15) is 36.2 Å². The summed E-state index contributed by atoms with van der Waals surface area (Å²) in [4.78, 5) is 28.2. The van der Waals surface area contributed by atoms with Gasteiger partial charge >= 0.3 is 0 Å². The molecule has 2 amide bonds. The van der Waals surface area contributed by atoms with Crippen molar-refractivity contribution in [2.45, 2.75) is 26.3 Å². The Bertz CT molecular complexity index is 1150. The normalized spacial score (nSPS) is 11.8. The Morgan fingerprint density at radius 3 is 2.63 bits per heavy atom. The van der Waals surface area contributed by atoms with Crippen molar-refractivity contribution >= 4 is 40.0 Å². The number of carbonyl (C=O) groups excluding carboxylic acids is 2. The lowest BCUT2D eigenvalue weighted by Gasteiger charge is -2.20. The number of H-pyrrole nitrogens is 1. The average Bonchev–Trinajstić information content (AvgIpc) is 3.14. The van der Waals surface area contributed by atoms with Crippen LogP contribution >= 0.6 is 0 Å². The first-order valence-electron chi connectivity index (χ1n) is 9.29. The van der Waals surface area contributed by atoms with Crippen molar-refractivity contribution in [3.05, 3.63) is 41.6 Å². The van der Waals surface area contributed by atoms with E-state index < -0.39 is 17.9 Å². The lowest BCUT2D eigenvalue weighted by atomic mass is 10.0. The van der Waals surface area contributed by atoms with E-state index in [4.69, 9.17) is 11.5 Å². The zero-order valence-electron chi connectivity index (χ0n) is 16.6. The topological polar surface area (TPSA) is 176 Å². The third-order valence-corrected chi connectivity index (χ3v) is 4.47. The van der Waals surface area contributed by atoms with Crippen LogP contribution in [0, 0.1) is 17.2 Å². The van der Waals surface area contributed by atoms with E-state index in [2.05, 4.69) is 25.8 Å². The number of rotatable bonds is 8. The summed E-state index contributed by atoms with van der Waals surface area (Å²) >= 11 is 0. The third kappa shape index (κ3) is 4.47. The van der Waals surface area contributed by atoms with E-state index in [0.29, 0.717) is 12.1 Å². The molecule has 0 aliphatic carbocycles. The molecule has 0 saturated heterocycles. The summed E-state index contributed by atoms with van der Waals surface area (Å²) in [5, 5.41) is 23.2. The van der Waals surface area contributed by atoms with E-state index in [0.717, 1.165) is 10.9 Å². The van der Waals surface area contributed by atoms with Gasteiger partial charge in [0.05, 0.1) is 22.8 Å². The number of hydrogen-bond donors (Lipinski definition) is 5. The largest absolute Gasteiger partial charge is 0.368 e. The van der Waals surface area contributed by atoms with Crippen LogP contribution in [-0.2, 0) is 4.79 Å². The number of hydrogen-bond acceptors (Lipinski definition) is 7. The molecule has 154 valence electrons. The number of amides is 2. The molecule has 0 unspecified atom stereocenters. The Morgan fingerprint density at radius 1 is 1.23 bits per heavy atom. The van der Waals surface area contributed by atoms with E-state index in [9.17, 15) is 14.9 Å². The van der Waals surface area contributed by atoms with Crippen molar-refractivity contribution in [3.8, 4) is 6.07 Å². The van der Waals surface area contributed by atoms with Crippen LogP contribution in [0.25, 0.3) is 10.9 Å². The van der Waals surface area contributed by atoms with Gasteiger partial charge in [0.15, 0.2) is 0 Å². The van der Waals surface area contributed by atoms with E-state index >= 15 is 0 Å². The van der Waals surface area contributed by atoms with Crippen LogP contribution in [0.3, 0.4) is 0 Å². The van der Waals surface area contributed by atoms with Crippen LogP contribution in [0.2, 0.25) is 0 Å². The van der Waals surface area contributed by atoms with Crippen LogP contribution in [0.5, 0.6) is 0 Å². The quantitative estimate of drug-likeness (QED) is 0.380. The maximum Gasteiger partial charge on any atom is 0.252 e. The molecule has 1 atom stereocenters. The number of nitrogens with one attached hydrogen (secondary N) is 3. The molecule has 0 aliphatic heterocycles. The standard InChI is InChI=1S/C20H22N8O2/c1-10(2)5-16(18(23)30)26-19-11(8-21)7-14(17(22)29)20(27-19)25-13-3-4-15-12(6-13)9-24-28-15/h3-4,6-7,9-10,16H,5H2,1-2H3,(H2,22,29)(H2,23,30)(H,24,28)(H2,25,26,27)/t16-/m1/s1. The Hall–Kier alpha value is -4.13. The van der Waals surface area contributed by atoms with Gasteiger partial charge in [-0.15, -0.1) is 0 Å². The highest BCUT2D eigenvalue weighted by Gasteiger charge is 2.22. The van der Waals surface area contributed by atoms with Crippen molar-refractivity contribution in [2.75, 3.05) is 10.6 Å². The van der Waals surface area contributed by atoms with Gasteiger partial charge in [0.2, 0.25) is 5.91 Å². The maximum atomic E-state index is 12.0. The maximum absolute atomic E-state index is 12.0. The second-order valence-electron chi connectivity index (χ2n) is 7.28. The molecule has 0 aliphatic rings. The number of nitrogens with two attached hydrogens (primary N) is 2.